The summed E-state index contributed by atoms with van der Waals surface area (Å²) in [6.45, 7) is 4.66. The topological polar surface area (TPSA) is 32.7 Å². The fourth-order valence-electron chi connectivity index (χ4n) is 1.72. The fraction of sp³-hybridized carbons (Fsp3) is 0.571. The van der Waals surface area contributed by atoms with Gasteiger partial charge in [-0.1, -0.05) is 11.6 Å². The zero-order valence-corrected chi connectivity index (χ0v) is 11.9. The van der Waals surface area contributed by atoms with E-state index in [9.17, 15) is 0 Å². The molecule has 0 bridgehead atoms. The zero-order chi connectivity index (χ0) is 13.4. The van der Waals surface area contributed by atoms with Gasteiger partial charge >= 0.3 is 0 Å². The van der Waals surface area contributed by atoms with Gasteiger partial charge in [-0.3, -0.25) is 0 Å². The van der Waals surface area contributed by atoms with Crippen molar-refractivity contribution in [1.29, 1.82) is 0 Å². The number of benzene rings is 1. The molecule has 1 N–H and O–H groups in total. The second-order valence-electron chi connectivity index (χ2n) is 4.49. The SMILES string of the molecule is Cc1cc(Cl)ccc1OCCCCN(C)CCO. The van der Waals surface area contributed by atoms with Gasteiger partial charge in [-0.05, 0) is 57.1 Å². The minimum Gasteiger partial charge on any atom is -0.493 e. The summed E-state index contributed by atoms with van der Waals surface area (Å²) in [5.74, 6) is 0.906. The van der Waals surface area contributed by atoms with E-state index in [1.807, 2.05) is 32.2 Å². The number of halogens is 1. The second-order valence-corrected chi connectivity index (χ2v) is 4.93. The van der Waals surface area contributed by atoms with Gasteiger partial charge in [-0.2, -0.15) is 0 Å². The van der Waals surface area contributed by atoms with Crippen LogP contribution in [0.1, 0.15) is 18.4 Å². The van der Waals surface area contributed by atoms with Crippen LogP contribution in [0.3, 0.4) is 0 Å². The summed E-state index contributed by atoms with van der Waals surface area (Å²) >= 11 is 5.88. The smallest absolute Gasteiger partial charge is 0.122 e. The number of likely N-dealkylation sites (N-methyl/N-ethyl adjacent to an activating group) is 1. The number of hydrogen-bond acceptors (Lipinski definition) is 3. The van der Waals surface area contributed by atoms with E-state index in [1.165, 1.54) is 0 Å². The molecular formula is C14H22ClNO2. The van der Waals surface area contributed by atoms with Crippen LogP contribution in [0.4, 0.5) is 0 Å². The van der Waals surface area contributed by atoms with Crippen molar-refractivity contribution in [2.45, 2.75) is 19.8 Å². The molecule has 0 fully saturated rings. The number of aliphatic hydroxyl groups excluding tert-OH is 1. The van der Waals surface area contributed by atoms with Crippen molar-refractivity contribution in [3.05, 3.63) is 28.8 Å². The summed E-state index contributed by atoms with van der Waals surface area (Å²) in [4.78, 5) is 2.12. The molecule has 4 heteroatoms. The highest BCUT2D eigenvalue weighted by Crippen LogP contribution is 2.21. The molecule has 102 valence electrons. The van der Waals surface area contributed by atoms with Crippen LogP contribution in [0, 0.1) is 6.92 Å². The molecule has 0 aromatic heterocycles. The van der Waals surface area contributed by atoms with Gasteiger partial charge < -0.3 is 14.7 Å². The molecule has 0 aliphatic rings. The molecule has 1 aromatic carbocycles. The van der Waals surface area contributed by atoms with Gasteiger partial charge in [0.1, 0.15) is 5.75 Å². The van der Waals surface area contributed by atoms with Crippen LogP contribution in [0.25, 0.3) is 0 Å². The molecular weight excluding hydrogens is 250 g/mol. The minimum absolute atomic E-state index is 0.219. The predicted octanol–water partition coefficient (Wildman–Crippen LogP) is 2.73. The van der Waals surface area contributed by atoms with E-state index in [0.717, 1.165) is 48.9 Å². The number of ether oxygens (including phenoxy) is 1. The van der Waals surface area contributed by atoms with Crippen molar-refractivity contribution in [3.8, 4) is 5.75 Å². The summed E-state index contributed by atoms with van der Waals surface area (Å²) in [6, 6.07) is 5.67. The number of rotatable bonds is 8. The lowest BCUT2D eigenvalue weighted by molar-refractivity contribution is 0.214. The summed E-state index contributed by atoms with van der Waals surface area (Å²) in [5.41, 5.74) is 1.07. The van der Waals surface area contributed by atoms with Crippen LogP contribution in [-0.4, -0.2) is 43.4 Å². The second kappa shape index (κ2) is 8.35. The highest BCUT2D eigenvalue weighted by molar-refractivity contribution is 6.30. The zero-order valence-electron chi connectivity index (χ0n) is 11.2. The number of aliphatic hydroxyl groups is 1. The van der Waals surface area contributed by atoms with Crippen molar-refractivity contribution in [3.63, 3.8) is 0 Å². The quantitative estimate of drug-likeness (QED) is 0.738. The third kappa shape index (κ3) is 5.71. The number of nitrogens with zero attached hydrogens (tertiary/aromatic N) is 1. The molecule has 0 aliphatic carbocycles. The van der Waals surface area contributed by atoms with E-state index in [-0.39, 0.29) is 6.61 Å². The Morgan fingerprint density at radius 3 is 2.72 bits per heavy atom. The molecule has 0 unspecified atom stereocenters. The van der Waals surface area contributed by atoms with Crippen LogP contribution >= 0.6 is 11.6 Å². The minimum atomic E-state index is 0.219. The molecule has 0 radical (unpaired) electrons. The van der Waals surface area contributed by atoms with Crippen LogP contribution in [0.2, 0.25) is 5.02 Å². The van der Waals surface area contributed by atoms with Crippen molar-refractivity contribution in [2.24, 2.45) is 0 Å². The Morgan fingerprint density at radius 2 is 2.06 bits per heavy atom. The lowest BCUT2D eigenvalue weighted by atomic mass is 10.2. The monoisotopic (exact) mass is 271 g/mol. The average molecular weight is 272 g/mol. The molecule has 0 amide bonds. The molecule has 0 aliphatic heterocycles. The third-order valence-electron chi connectivity index (χ3n) is 2.81. The third-order valence-corrected chi connectivity index (χ3v) is 3.05. The molecule has 0 heterocycles. The Kier molecular flexibility index (Phi) is 7.09. The molecule has 3 nitrogen and oxygen atoms in total. The Labute approximate surface area is 114 Å². The fourth-order valence-corrected chi connectivity index (χ4v) is 1.95. The highest BCUT2D eigenvalue weighted by atomic mass is 35.5. The van der Waals surface area contributed by atoms with Gasteiger partial charge in [0.25, 0.3) is 0 Å². The Hall–Kier alpha value is -0.770. The van der Waals surface area contributed by atoms with E-state index in [1.54, 1.807) is 0 Å². The standard InChI is InChI=1S/C14H22ClNO2/c1-12-11-13(15)5-6-14(12)18-10-4-3-7-16(2)8-9-17/h5-6,11,17H,3-4,7-10H2,1-2H3. The molecule has 0 atom stereocenters. The summed E-state index contributed by atoms with van der Waals surface area (Å²) in [6.07, 6.45) is 2.08. The number of hydrogen-bond donors (Lipinski definition) is 1. The number of unbranched alkanes of at least 4 members (excludes halogenated alkanes) is 1. The van der Waals surface area contributed by atoms with E-state index < -0.39 is 0 Å². The van der Waals surface area contributed by atoms with Crippen LogP contribution in [-0.2, 0) is 0 Å². The maximum atomic E-state index is 8.76. The van der Waals surface area contributed by atoms with E-state index in [2.05, 4.69) is 4.90 Å². The summed E-state index contributed by atoms with van der Waals surface area (Å²) in [7, 11) is 2.01. The van der Waals surface area contributed by atoms with E-state index in [0.29, 0.717) is 0 Å². The highest BCUT2D eigenvalue weighted by Gasteiger charge is 2.01. The maximum Gasteiger partial charge on any atom is 0.122 e. The first-order valence-corrected chi connectivity index (χ1v) is 6.69. The van der Waals surface area contributed by atoms with Gasteiger partial charge in [0.15, 0.2) is 0 Å². The van der Waals surface area contributed by atoms with Crippen LogP contribution in [0.5, 0.6) is 5.75 Å². The first-order chi connectivity index (χ1) is 8.63. The Morgan fingerprint density at radius 1 is 1.28 bits per heavy atom. The normalized spacial score (nSPS) is 10.9. The molecule has 0 saturated carbocycles. The molecule has 18 heavy (non-hydrogen) atoms. The molecule has 1 rings (SSSR count). The lowest BCUT2D eigenvalue weighted by Crippen LogP contribution is -2.23. The van der Waals surface area contributed by atoms with Gasteiger partial charge in [0, 0.05) is 11.6 Å². The van der Waals surface area contributed by atoms with Crippen LogP contribution < -0.4 is 4.74 Å². The largest absolute Gasteiger partial charge is 0.493 e. The van der Waals surface area contributed by atoms with Crippen LogP contribution in [0.15, 0.2) is 18.2 Å². The first-order valence-electron chi connectivity index (χ1n) is 6.32. The number of aryl methyl sites for hydroxylation is 1. The summed E-state index contributed by atoms with van der Waals surface area (Å²) < 4.78 is 5.71. The maximum absolute atomic E-state index is 8.76. The van der Waals surface area contributed by atoms with E-state index >= 15 is 0 Å². The molecule has 1 aromatic rings. The molecule has 0 saturated heterocycles. The Balaban J connectivity index is 2.18. The van der Waals surface area contributed by atoms with Gasteiger partial charge in [-0.25, -0.2) is 0 Å². The molecule has 0 spiro atoms. The van der Waals surface area contributed by atoms with Crippen molar-refractivity contribution < 1.29 is 9.84 Å². The van der Waals surface area contributed by atoms with Gasteiger partial charge in [0.2, 0.25) is 0 Å². The first kappa shape index (κ1) is 15.3. The Bertz CT molecular complexity index is 358. The average Bonchev–Trinajstić information content (AvgIpc) is 2.31. The van der Waals surface area contributed by atoms with Gasteiger partial charge in [-0.15, -0.1) is 0 Å². The predicted molar refractivity (Wildman–Crippen MR) is 75.5 cm³/mol. The van der Waals surface area contributed by atoms with Crippen molar-refractivity contribution >= 4 is 11.6 Å². The van der Waals surface area contributed by atoms with E-state index in [4.69, 9.17) is 21.4 Å². The van der Waals surface area contributed by atoms with Crippen molar-refractivity contribution in [2.75, 3.05) is 33.4 Å². The van der Waals surface area contributed by atoms with Crippen molar-refractivity contribution in [1.82, 2.24) is 4.90 Å². The summed E-state index contributed by atoms with van der Waals surface area (Å²) in [5, 5.41) is 9.51. The van der Waals surface area contributed by atoms with Gasteiger partial charge in [0.05, 0.1) is 13.2 Å². The lowest BCUT2D eigenvalue weighted by Gasteiger charge is -2.15.